The van der Waals surface area contributed by atoms with E-state index in [0.717, 1.165) is 11.3 Å². The third-order valence-corrected chi connectivity index (χ3v) is 6.09. The summed E-state index contributed by atoms with van der Waals surface area (Å²) in [4.78, 5) is 16.5. The Labute approximate surface area is 163 Å². The minimum Gasteiger partial charge on any atom is -0.354 e. The number of benzene rings is 1. The van der Waals surface area contributed by atoms with Crippen LogP contribution in [0.1, 0.15) is 34.5 Å². The first-order valence-electron chi connectivity index (χ1n) is 9.59. The van der Waals surface area contributed by atoms with Gasteiger partial charge in [-0.15, -0.1) is 5.10 Å². The molecule has 0 bridgehead atoms. The van der Waals surface area contributed by atoms with Gasteiger partial charge >= 0.3 is 0 Å². The number of hydrogen-bond acceptors (Lipinski definition) is 4. The number of aromatic nitrogens is 2. The molecule has 2 saturated heterocycles. The molecule has 0 N–H and O–H groups in total. The molecule has 0 aliphatic carbocycles. The third kappa shape index (κ3) is 3.12. The van der Waals surface area contributed by atoms with Crippen molar-refractivity contribution in [3.63, 3.8) is 0 Å². The summed E-state index contributed by atoms with van der Waals surface area (Å²) < 4.78 is 30.1. The minimum atomic E-state index is -2.82. The van der Waals surface area contributed by atoms with Gasteiger partial charge < -0.3 is 9.80 Å². The van der Waals surface area contributed by atoms with Gasteiger partial charge in [-0.2, -0.15) is 5.10 Å². The SMILES string of the molecule is Cc1ccc(N2CCC3(CN(C(=O)c4ccccc4C)CCC3(F)F)C2)nn1. The first-order valence-corrected chi connectivity index (χ1v) is 9.59. The lowest BCUT2D eigenvalue weighted by Gasteiger charge is -2.46. The van der Waals surface area contributed by atoms with Crippen molar-refractivity contribution in [2.45, 2.75) is 32.6 Å². The highest BCUT2D eigenvalue weighted by Gasteiger charge is 2.60. The van der Waals surface area contributed by atoms with Crippen LogP contribution in [0.2, 0.25) is 0 Å². The van der Waals surface area contributed by atoms with Crippen LogP contribution in [0.25, 0.3) is 0 Å². The van der Waals surface area contributed by atoms with Gasteiger partial charge in [0.25, 0.3) is 11.8 Å². The largest absolute Gasteiger partial charge is 0.354 e. The normalized spacial score (nSPS) is 24.0. The fourth-order valence-corrected chi connectivity index (χ4v) is 4.31. The van der Waals surface area contributed by atoms with Gasteiger partial charge in [-0.25, -0.2) is 8.78 Å². The molecule has 1 unspecified atom stereocenters. The highest BCUT2D eigenvalue weighted by atomic mass is 19.3. The lowest BCUT2D eigenvalue weighted by Crippen LogP contribution is -2.58. The summed E-state index contributed by atoms with van der Waals surface area (Å²) in [6.07, 6.45) is 0.0190. The van der Waals surface area contributed by atoms with E-state index >= 15 is 8.78 Å². The number of piperidine rings is 1. The lowest BCUT2D eigenvalue weighted by atomic mass is 9.75. The van der Waals surface area contributed by atoms with Gasteiger partial charge in [-0.05, 0) is 44.0 Å². The zero-order valence-corrected chi connectivity index (χ0v) is 16.2. The smallest absolute Gasteiger partial charge is 0.258 e. The van der Waals surface area contributed by atoms with Crippen molar-refractivity contribution in [2.24, 2.45) is 5.41 Å². The standard InChI is InChI=1S/C21H24F2N4O/c1-15-5-3-4-6-17(15)19(28)27-12-10-21(22,23)20(14-27)9-11-26(13-20)18-8-7-16(2)24-25-18/h3-8H,9-14H2,1-2H3. The molecule has 5 nitrogen and oxygen atoms in total. The maximum Gasteiger partial charge on any atom is 0.258 e. The lowest BCUT2D eigenvalue weighted by molar-refractivity contribution is -0.150. The van der Waals surface area contributed by atoms with Crippen molar-refractivity contribution in [1.82, 2.24) is 15.1 Å². The first-order chi connectivity index (χ1) is 13.3. The predicted octanol–water partition coefficient (Wildman–Crippen LogP) is 3.47. The average molecular weight is 386 g/mol. The van der Waals surface area contributed by atoms with E-state index in [9.17, 15) is 4.79 Å². The van der Waals surface area contributed by atoms with E-state index in [2.05, 4.69) is 10.2 Å². The van der Waals surface area contributed by atoms with E-state index in [-0.39, 0.29) is 32.0 Å². The van der Waals surface area contributed by atoms with Gasteiger partial charge in [0.15, 0.2) is 5.82 Å². The number of hydrogen-bond donors (Lipinski definition) is 0. The van der Waals surface area contributed by atoms with Crippen LogP contribution < -0.4 is 4.90 Å². The molecular formula is C21H24F2N4O. The van der Waals surface area contributed by atoms with Gasteiger partial charge in [-0.3, -0.25) is 4.79 Å². The molecule has 4 rings (SSSR count). The van der Waals surface area contributed by atoms with E-state index in [1.807, 2.05) is 49.1 Å². The zero-order chi connectivity index (χ0) is 19.9. The van der Waals surface area contributed by atoms with Gasteiger partial charge in [0.2, 0.25) is 0 Å². The number of aryl methyl sites for hydroxylation is 2. The molecule has 2 aliphatic heterocycles. The van der Waals surface area contributed by atoms with E-state index in [0.29, 0.717) is 24.3 Å². The number of carbonyl (C=O) groups excluding carboxylic acids is 1. The van der Waals surface area contributed by atoms with Crippen molar-refractivity contribution in [1.29, 1.82) is 0 Å². The van der Waals surface area contributed by atoms with Crippen LogP contribution in [0.3, 0.4) is 0 Å². The molecule has 148 valence electrons. The van der Waals surface area contributed by atoms with Crippen LogP contribution in [0.5, 0.6) is 0 Å². The Morgan fingerprint density at radius 3 is 2.50 bits per heavy atom. The fraction of sp³-hybridized carbons (Fsp3) is 0.476. The van der Waals surface area contributed by atoms with E-state index in [1.165, 1.54) is 0 Å². The number of likely N-dealkylation sites (tertiary alicyclic amines) is 1. The topological polar surface area (TPSA) is 49.3 Å². The molecule has 2 aromatic rings. The molecule has 0 radical (unpaired) electrons. The van der Waals surface area contributed by atoms with Gasteiger partial charge in [-0.1, -0.05) is 18.2 Å². The van der Waals surface area contributed by atoms with E-state index < -0.39 is 11.3 Å². The second kappa shape index (κ2) is 6.79. The third-order valence-electron chi connectivity index (χ3n) is 6.09. The quantitative estimate of drug-likeness (QED) is 0.793. The maximum absolute atomic E-state index is 15.0. The van der Waals surface area contributed by atoms with Crippen molar-refractivity contribution in [3.05, 3.63) is 53.2 Å². The van der Waals surface area contributed by atoms with Crippen LogP contribution in [0.4, 0.5) is 14.6 Å². The summed E-state index contributed by atoms with van der Waals surface area (Å²) in [5, 5.41) is 8.19. The summed E-state index contributed by atoms with van der Waals surface area (Å²) in [6, 6.07) is 11.0. The second-order valence-electron chi connectivity index (χ2n) is 7.98. The summed E-state index contributed by atoms with van der Waals surface area (Å²) in [7, 11) is 0. The molecule has 28 heavy (non-hydrogen) atoms. The monoisotopic (exact) mass is 386 g/mol. The predicted molar refractivity (Wildman–Crippen MR) is 103 cm³/mol. The van der Waals surface area contributed by atoms with Gasteiger partial charge in [0.1, 0.15) is 0 Å². The molecule has 1 aromatic heterocycles. The molecule has 3 heterocycles. The van der Waals surface area contributed by atoms with Crippen LogP contribution in [-0.4, -0.2) is 53.1 Å². The van der Waals surface area contributed by atoms with Crippen LogP contribution in [0, 0.1) is 19.3 Å². The molecule has 7 heteroatoms. The number of rotatable bonds is 2. The number of alkyl halides is 2. The molecule has 0 saturated carbocycles. The highest BCUT2D eigenvalue weighted by molar-refractivity contribution is 5.95. The highest BCUT2D eigenvalue weighted by Crippen LogP contribution is 2.50. The Morgan fingerprint density at radius 2 is 1.79 bits per heavy atom. The van der Waals surface area contributed by atoms with Gasteiger partial charge in [0.05, 0.1) is 11.1 Å². The molecule has 2 aliphatic rings. The van der Waals surface area contributed by atoms with Gasteiger partial charge in [0, 0.05) is 38.2 Å². The number of carbonyl (C=O) groups is 1. The van der Waals surface area contributed by atoms with Crippen molar-refractivity contribution >= 4 is 11.7 Å². The van der Waals surface area contributed by atoms with Crippen LogP contribution in [0.15, 0.2) is 36.4 Å². The fourth-order valence-electron chi connectivity index (χ4n) is 4.31. The summed E-state index contributed by atoms with van der Waals surface area (Å²) in [6.45, 7) is 4.51. The Balaban J connectivity index is 1.58. The molecular weight excluding hydrogens is 362 g/mol. The van der Waals surface area contributed by atoms with E-state index in [4.69, 9.17) is 0 Å². The van der Waals surface area contributed by atoms with Crippen molar-refractivity contribution < 1.29 is 13.6 Å². The zero-order valence-electron chi connectivity index (χ0n) is 16.2. The van der Waals surface area contributed by atoms with Crippen LogP contribution >= 0.6 is 0 Å². The minimum absolute atomic E-state index is 0.0585. The Morgan fingerprint density at radius 1 is 1.00 bits per heavy atom. The second-order valence-corrected chi connectivity index (χ2v) is 7.98. The van der Waals surface area contributed by atoms with Crippen molar-refractivity contribution in [2.75, 3.05) is 31.1 Å². The number of halogens is 2. The Bertz CT molecular complexity index is 886. The van der Waals surface area contributed by atoms with E-state index in [1.54, 1.807) is 11.0 Å². The Kier molecular flexibility index (Phi) is 4.56. The molecule has 1 atom stereocenters. The summed E-state index contributed by atoms with van der Waals surface area (Å²) >= 11 is 0. The number of anilines is 1. The summed E-state index contributed by atoms with van der Waals surface area (Å²) in [5.41, 5.74) is 0.982. The number of amides is 1. The molecule has 2 fully saturated rings. The van der Waals surface area contributed by atoms with Crippen molar-refractivity contribution in [3.8, 4) is 0 Å². The first kappa shape index (κ1) is 18.8. The van der Waals surface area contributed by atoms with Crippen LogP contribution in [-0.2, 0) is 0 Å². The average Bonchev–Trinajstić information content (AvgIpc) is 3.10. The maximum atomic E-state index is 15.0. The molecule has 1 aromatic carbocycles. The Hall–Kier alpha value is -2.57. The molecule has 1 spiro atoms. The molecule has 1 amide bonds. The number of nitrogens with zero attached hydrogens (tertiary/aromatic N) is 4. The summed E-state index contributed by atoms with van der Waals surface area (Å²) in [5.74, 6) is -2.37.